The van der Waals surface area contributed by atoms with Crippen molar-refractivity contribution in [2.24, 2.45) is 0 Å². The Kier molecular flexibility index (Phi) is 4.85. The van der Waals surface area contributed by atoms with Crippen LogP contribution in [0.15, 0.2) is 24.4 Å². The molecule has 1 aliphatic heterocycles. The van der Waals surface area contributed by atoms with Crippen LogP contribution in [0.2, 0.25) is 0 Å². The van der Waals surface area contributed by atoms with Gasteiger partial charge in [-0.3, -0.25) is 4.79 Å². The fraction of sp³-hybridized carbons (Fsp3) is 0.412. The van der Waals surface area contributed by atoms with E-state index in [4.69, 9.17) is 11.6 Å². The van der Waals surface area contributed by atoms with Gasteiger partial charge in [0.25, 0.3) is 0 Å². The molecule has 3 rings (SSSR count). The molecule has 1 amide bonds. The third-order valence-electron chi connectivity index (χ3n) is 4.35. The molecule has 4 nitrogen and oxygen atoms in total. The molecule has 1 aromatic heterocycles. The van der Waals surface area contributed by atoms with E-state index < -0.39 is 11.6 Å². The summed E-state index contributed by atoms with van der Waals surface area (Å²) in [6, 6.07) is 3.53. The van der Waals surface area contributed by atoms with Crippen molar-refractivity contribution in [3.05, 3.63) is 53.1 Å². The minimum Gasteiger partial charge on any atom is -0.333 e. The maximum absolute atomic E-state index is 14.0. The van der Waals surface area contributed by atoms with E-state index in [0.29, 0.717) is 19.4 Å². The van der Waals surface area contributed by atoms with E-state index in [1.54, 1.807) is 0 Å². The predicted molar refractivity (Wildman–Crippen MR) is 86.7 cm³/mol. The Hall–Kier alpha value is -1.95. The molecule has 0 spiro atoms. The van der Waals surface area contributed by atoms with E-state index in [-0.39, 0.29) is 29.9 Å². The fourth-order valence-electron chi connectivity index (χ4n) is 3.17. The summed E-state index contributed by atoms with van der Waals surface area (Å²) in [5.74, 6) is -0.888. The Morgan fingerprint density at radius 3 is 2.79 bits per heavy atom. The van der Waals surface area contributed by atoms with Crippen molar-refractivity contribution in [3.63, 3.8) is 0 Å². The molecular formula is C17H18ClF2N3O. The van der Waals surface area contributed by atoms with Crippen LogP contribution in [0, 0.1) is 18.6 Å². The quantitative estimate of drug-likeness (QED) is 0.792. The van der Waals surface area contributed by atoms with Crippen LogP contribution in [-0.2, 0) is 24.3 Å². The summed E-state index contributed by atoms with van der Waals surface area (Å²) < 4.78 is 29.9. The van der Waals surface area contributed by atoms with Crippen LogP contribution < -0.4 is 0 Å². The second kappa shape index (κ2) is 6.89. The van der Waals surface area contributed by atoms with Crippen LogP contribution in [0.4, 0.5) is 8.78 Å². The molecule has 1 unspecified atom stereocenters. The van der Waals surface area contributed by atoms with Crippen molar-refractivity contribution in [2.75, 3.05) is 5.88 Å². The molecule has 0 fully saturated rings. The minimum absolute atomic E-state index is 0.108. The Morgan fingerprint density at radius 1 is 1.42 bits per heavy atom. The van der Waals surface area contributed by atoms with Crippen molar-refractivity contribution in [3.8, 4) is 0 Å². The molecule has 0 saturated carbocycles. The summed E-state index contributed by atoms with van der Waals surface area (Å²) in [7, 11) is 0. The average molecular weight is 354 g/mol. The number of hydrogen-bond acceptors (Lipinski definition) is 2. The number of imidazole rings is 1. The largest absolute Gasteiger partial charge is 0.333 e. The monoisotopic (exact) mass is 353 g/mol. The van der Waals surface area contributed by atoms with Gasteiger partial charge in [0.1, 0.15) is 23.3 Å². The fourth-order valence-corrected chi connectivity index (χ4v) is 3.33. The minimum atomic E-state index is -0.655. The van der Waals surface area contributed by atoms with Gasteiger partial charge in [0.2, 0.25) is 5.91 Å². The van der Waals surface area contributed by atoms with Gasteiger partial charge in [-0.2, -0.15) is 0 Å². The predicted octanol–water partition coefficient (Wildman–Crippen LogP) is 3.05. The van der Waals surface area contributed by atoms with Gasteiger partial charge >= 0.3 is 0 Å². The van der Waals surface area contributed by atoms with Gasteiger partial charge in [0.05, 0.1) is 18.3 Å². The Morgan fingerprint density at radius 2 is 2.12 bits per heavy atom. The molecule has 2 aromatic rings. The SMILES string of the molecule is Cc1cn2c(n1)CCC(N(Cc1c(F)cccc1F)C(=O)CCl)C2. The highest BCUT2D eigenvalue weighted by Crippen LogP contribution is 2.23. The smallest absolute Gasteiger partial charge is 0.238 e. The molecule has 0 radical (unpaired) electrons. The standard InChI is InChI=1S/C17H18ClF2N3O/c1-11-8-22-9-12(5-6-16(22)21-11)23(17(24)7-18)10-13-14(19)3-2-4-15(13)20/h2-4,8,12H,5-7,9-10H2,1H3. The molecule has 1 atom stereocenters. The first-order valence-electron chi connectivity index (χ1n) is 7.80. The number of nitrogens with zero attached hydrogens (tertiary/aromatic N) is 3. The van der Waals surface area contributed by atoms with Gasteiger partial charge in [-0.25, -0.2) is 13.8 Å². The Bertz CT molecular complexity index is 742. The van der Waals surface area contributed by atoms with Gasteiger partial charge < -0.3 is 9.47 Å². The van der Waals surface area contributed by atoms with Crippen molar-refractivity contribution in [1.29, 1.82) is 0 Å². The van der Waals surface area contributed by atoms with E-state index in [0.717, 1.165) is 11.5 Å². The lowest BCUT2D eigenvalue weighted by atomic mass is 10.0. The first-order chi connectivity index (χ1) is 11.5. The Balaban J connectivity index is 1.86. The summed E-state index contributed by atoms with van der Waals surface area (Å²) in [6.45, 7) is 2.34. The van der Waals surface area contributed by atoms with Gasteiger partial charge in [-0.1, -0.05) is 6.07 Å². The molecule has 128 valence electrons. The number of fused-ring (bicyclic) bond motifs is 1. The summed E-state index contributed by atoms with van der Waals surface area (Å²) in [4.78, 5) is 18.2. The van der Waals surface area contributed by atoms with Crippen LogP contribution in [-0.4, -0.2) is 32.3 Å². The first-order valence-corrected chi connectivity index (χ1v) is 8.34. The number of carbonyl (C=O) groups is 1. The third kappa shape index (κ3) is 3.29. The van der Waals surface area contributed by atoms with Crippen LogP contribution in [0.25, 0.3) is 0 Å². The lowest BCUT2D eigenvalue weighted by Gasteiger charge is -2.34. The number of amides is 1. The number of halogens is 3. The van der Waals surface area contributed by atoms with Crippen molar-refractivity contribution in [2.45, 2.75) is 38.9 Å². The number of hydrogen-bond donors (Lipinski definition) is 0. The zero-order valence-electron chi connectivity index (χ0n) is 13.3. The highest BCUT2D eigenvalue weighted by Gasteiger charge is 2.29. The number of rotatable bonds is 4. The summed E-state index contributed by atoms with van der Waals surface area (Å²) >= 11 is 5.72. The van der Waals surface area contributed by atoms with Crippen LogP contribution in [0.1, 0.15) is 23.5 Å². The molecule has 1 aromatic carbocycles. The topological polar surface area (TPSA) is 38.1 Å². The van der Waals surface area contributed by atoms with Crippen LogP contribution >= 0.6 is 11.6 Å². The molecule has 0 N–H and O–H groups in total. The number of benzene rings is 1. The molecule has 0 saturated heterocycles. The molecule has 1 aliphatic rings. The van der Waals surface area contributed by atoms with Crippen molar-refractivity contribution in [1.82, 2.24) is 14.5 Å². The molecule has 0 aliphatic carbocycles. The highest BCUT2D eigenvalue weighted by atomic mass is 35.5. The number of aryl methyl sites for hydroxylation is 2. The number of aromatic nitrogens is 2. The van der Waals surface area contributed by atoms with E-state index in [2.05, 4.69) is 4.98 Å². The van der Waals surface area contributed by atoms with Crippen molar-refractivity contribution < 1.29 is 13.6 Å². The molecule has 0 bridgehead atoms. The molecule has 2 heterocycles. The summed E-state index contributed by atoms with van der Waals surface area (Å²) in [6.07, 6.45) is 3.33. The van der Waals surface area contributed by atoms with Crippen LogP contribution in [0.3, 0.4) is 0 Å². The lowest BCUT2D eigenvalue weighted by Crippen LogP contribution is -2.45. The Labute approximate surface area is 144 Å². The highest BCUT2D eigenvalue weighted by molar-refractivity contribution is 6.27. The summed E-state index contributed by atoms with van der Waals surface area (Å²) in [5, 5.41) is 0. The van der Waals surface area contributed by atoms with E-state index in [1.165, 1.54) is 23.1 Å². The van der Waals surface area contributed by atoms with Gasteiger partial charge in [0.15, 0.2) is 0 Å². The van der Waals surface area contributed by atoms with Crippen LogP contribution in [0.5, 0.6) is 0 Å². The van der Waals surface area contributed by atoms with E-state index in [9.17, 15) is 13.6 Å². The average Bonchev–Trinajstić information content (AvgIpc) is 2.93. The molecular weight excluding hydrogens is 336 g/mol. The normalized spacial score (nSPS) is 16.8. The van der Waals surface area contributed by atoms with Gasteiger partial charge in [-0.05, 0) is 25.5 Å². The molecule has 7 heteroatoms. The molecule has 24 heavy (non-hydrogen) atoms. The maximum Gasteiger partial charge on any atom is 0.238 e. The zero-order chi connectivity index (χ0) is 17.3. The van der Waals surface area contributed by atoms with E-state index in [1.807, 2.05) is 17.7 Å². The van der Waals surface area contributed by atoms with Gasteiger partial charge in [-0.15, -0.1) is 11.6 Å². The third-order valence-corrected chi connectivity index (χ3v) is 4.58. The number of carbonyl (C=O) groups excluding carboxylic acids is 1. The maximum atomic E-state index is 14.0. The zero-order valence-corrected chi connectivity index (χ0v) is 14.1. The number of alkyl halides is 1. The lowest BCUT2D eigenvalue weighted by molar-refractivity contribution is -0.132. The second-order valence-corrected chi connectivity index (χ2v) is 6.27. The summed E-state index contributed by atoms with van der Waals surface area (Å²) in [5.41, 5.74) is 0.810. The van der Waals surface area contributed by atoms with Crippen molar-refractivity contribution >= 4 is 17.5 Å². The second-order valence-electron chi connectivity index (χ2n) is 6.00. The van der Waals surface area contributed by atoms with E-state index >= 15 is 0 Å². The first kappa shape index (κ1) is 16.9. The van der Waals surface area contributed by atoms with Gasteiger partial charge in [0, 0.05) is 24.7 Å².